The molecule has 0 aliphatic rings. The maximum atomic E-state index is 5.58. The zero-order chi connectivity index (χ0) is 20.5. The molecule has 0 aliphatic heterocycles. The highest BCUT2D eigenvalue weighted by Crippen LogP contribution is 2.21. The third-order valence-corrected chi connectivity index (χ3v) is 5.41. The summed E-state index contributed by atoms with van der Waals surface area (Å²) in [6.07, 6.45) is 11.4. The van der Waals surface area contributed by atoms with Crippen LogP contribution < -0.4 is 9.30 Å². The van der Waals surface area contributed by atoms with Crippen molar-refractivity contribution in [2.75, 3.05) is 13.4 Å². The number of rotatable bonds is 12. The summed E-state index contributed by atoms with van der Waals surface area (Å²) in [5, 5.41) is 1.37. The van der Waals surface area contributed by atoms with Crippen LogP contribution in [-0.2, 0) is 18.3 Å². The van der Waals surface area contributed by atoms with Crippen molar-refractivity contribution >= 4 is 10.9 Å². The molecule has 3 aromatic rings. The fourth-order valence-electron chi connectivity index (χ4n) is 3.82. The Morgan fingerprint density at radius 2 is 1.72 bits per heavy atom. The fourth-order valence-corrected chi connectivity index (χ4v) is 3.82. The van der Waals surface area contributed by atoms with Gasteiger partial charge >= 0.3 is 0 Å². The van der Waals surface area contributed by atoms with Crippen LogP contribution in [0.5, 0.6) is 5.75 Å². The minimum absolute atomic E-state index is 0.327. The monoisotopic (exact) mass is 395 g/mol. The van der Waals surface area contributed by atoms with E-state index in [0.717, 1.165) is 25.3 Å². The van der Waals surface area contributed by atoms with Crippen molar-refractivity contribution in [2.24, 2.45) is 7.05 Å². The minimum Gasteiger partial charge on any atom is -0.461 e. The molecule has 0 radical (unpaired) electrons. The van der Waals surface area contributed by atoms with E-state index in [1.807, 2.05) is 36.1 Å². The van der Waals surface area contributed by atoms with Crippen LogP contribution in [0.3, 0.4) is 0 Å². The minimum atomic E-state index is 0.327. The highest BCUT2D eigenvalue weighted by Gasteiger charge is 2.05. The fraction of sp³-hybridized carbons (Fsp3) is 0.480. The first-order chi connectivity index (χ1) is 14.1. The molecule has 4 nitrogen and oxygen atoms in total. The molecule has 0 amide bonds. The van der Waals surface area contributed by atoms with Crippen molar-refractivity contribution in [1.82, 2.24) is 4.57 Å². The van der Waals surface area contributed by atoms with Crippen LogP contribution in [0.1, 0.15) is 49.8 Å². The number of fused-ring (bicyclic) bond motifs is 1. The average Bonchev–Trinajstić information content (AvgIpc) is 3.00. The standard InChI is InChI=1S/C25H35N2O2/c1-21-12-13-25-23(17-21)18-22(2)27(25)15-8-6-4-5-7-9-16-28-20-29-24-11-10-14-26(3)19-24/h10-14,17-19H,4-9,15-16,20H2,1-3H3/q+1. The molecule has 0 bridgehead atoms. The third kappa shape index (κ3) is 6.60. The Morgan fingerprint density at radius 3 is 2.55 bits per heavy atom. The molecule has 1 aromatic carbocycles. The number of aromatic nitrogens is 2. The van der Waals surface area contributed by atoms with Crippen LogP contribution >= 0.6 is 0 Å². The Kier molecular flexibility index (Phi) is 8.12. The lowest BCUT2D eigenvalue weighted by atomic mass is 10.1. The van der Waals surface area contributed by atoms with E-state index in [0.29, 0.717) is 6.79 Å². The molecule has 0 unspecified atom stereocenters. The van der Waals surface area contributed by atoms with E-state index in [9.17, 15) is 0 Å². The number of hydrogen-bond acceptors (Lipinski definition) is 2. The summed E-state index contributed by atoms with van der Waals surface area (Å²) in [6, 6.07) is 13.0. The van der Waals surface area contributed by atoms with Gasteiger partial charge in [-0.3, -0.25) is 0 Å². The lowest BCUT2D eigenvalue weighted by Gasteiger charge is -2.09. The second kappa shape index (κ2) is 11.0. The average molecular weight is 396 g/mol. The molecule has 3 rings (SSSR count). The molecule has 0 saturated carbocycles. The molecule has 2 heterocycles. The third-order valence-electron chi connectivity index (χ3n) is 5.41. The summed E-state index contributed by atoms with van der Waals surface area (Å²) in [4.78, 5) is 0. The number of ether oxygens (including phenoxy) is 2. The number of benzene rings is 1. The van der Waals surface area contributed by atoms with Crippen molar-refractivity contribution in [3.05, 3.63) is 60.0 Å². The Hall–Kier alpha value is -2.33. The van der Waals surface area contributed by atoms with E-state index in [1.54, 1.807) is 0 Å². The predicted molar refractivity (Wildman–Crippen MR) is 118 cm³/mol. The zero-order valence-corrected chi connectivity index (χ0v) is 18.2. The molecule has 2 aromatic heterocycles. The van der Waals surface area contributed by atoms with Gasteiger partial charge in [0, 0.05) is 29.2 Å². The summed E-state index contributed by atoms with van der Waals surface area (Å²) in [5.74, 6) is 0.843. The lowest BCUT2D eigenvalue weighted by Crippen LogP contribution is -2.26. The number of unbranched alkanes of at least 4 members (excludes halogenated alkanes) is 5. The van der Waals surface area contributed by atoms with Gasteiger partial charge in [0.25, 0.3) is 0 Å². The molecule has 29 heavy (non-hydrogen) atoms. The number of nitrogens with zero attached hydrogens (tertiary/aromatic N) is 2. The van der Waals surface area contributed by atoms with Crippen LogP contribution in [0.2, 0.25) is 0 Å². The SMILES string of the molecule is Cc1ccc2c(c1)cc(C)n2CCCCCCCCOCOc1ccc[n+](C)c1. The summed E-state index contributed by atoms with van der Waals surface area (Å²) < 4.78 is 15.6. The summed E-state index contributed by atoms with van der Waals surface area (Å²) in [5.41, 5.74) is 4.07. The van der Waals surface area contributed by atoms with Crippen molar-refractivity contribution in [3.8, 4) is 5.75 Å². The van der Waals surface area contributed by atoms with Gasteiger partial charge in [0.15, 0.2) is 18.7 Å². The van der Waals surface area contributed by atoms with E-state index in [4.69, 9.17) is 9.47 Å². The van der Waals surface area contributed by atoms with Gasteiger partial charge in [-0.2, -0.15) is 0 Å². The van der Waals surface area contributed by atoms with Gasteiger partial charge in [-0.1, -0.05) is 37.3 Å². The molecule has 0 atom stereocenters. The van der Waals surface area contributed by atoms with Crippen molar-refractivity contribution < 1.29 is 14.0 Å². The Morgan fingerprint density at radius 1 is 0.931 bits per heavy atom. The smallest absolute Gasteiger partial charge is 0.211 e. The van der Waals surface area contributed by atoms with E-state index < -0.39 is 0 Å². The van der Waals surface area contributed by atoms with Crippen LogP contribution in [0.4, 0.5) is 0 Å². The summed E-state index contributed by atoms with van der Waals surface area (Å²) in [7, 11) is 1.98. The van der Waals surface area contributed by atoms with Gasteiger partial charge in [-0.15, -0.1) is 0 Å². The van der Waals surface area contributed by atoms with Crippen LogP contribution in [0, 0.1) is 13.8 Å². The first-order valence-corrected chi connectivity index (χ1v) is 10.9. The number of aryl methyl sites for hydroxylation is 4. The second-order valence-corrected chi connectivity index (χ2v) is 8.00. The lowest BCUT2D eigenvalue weighted by molar-refractivity contribution is -0.671. The van der Waals surface area contributed by atoms with Gasteiger partial charge in [-0.25, -0.2) is 4.57 Å². The van der Waals surface area contributed by atoms with Gasteiger partial charge in [-0.05, 0) is 51.0 Å². The van der Waals surface area contributed by atoms with Gasteiger partial charge in [0.1, 0.15) is 7.05 Å². The molecule has 0 aliphatic carbocycles. The van der Waals surface area contributed by atoms with Gasteiger partial charge < -0.3 is 14.0 Å². The molecule has 0 fully saturated rings. The predicted octanol–water partition coefficient (Wildman–Crippen LogP) is 5.48. The van der Waals surface area contributed by atoms with E-state index in [1.165, 1.54) is 54.3 Å². The highest BCUT2D eigenvalue weighted by atomic mass is 16.7. The van der Waals surface area contributed by atoms with Crippen LogP contribution in [0.25, 0.3) is 10.9 Å². The summed E-state index contributed by atoms with van der Waals surface area (Å²) in [6.45, 7) is 6.60. The Labute approximate surface area is 175 Å². The van der Waals surface area contributed by atoms with Crippen molar-refractivity contribution in [3.63, 3.8) is 0 Å². The topological polar surface area (TPSA) is 27.3 Å². The molecule has 4 heteroatoms. The van der Waals surface area contributed by atoms with Crippen molar-refractivity contribution in [1.29, 1.82) is 0 Å². The molecular formula is C25H35N2O2+. The quantitative estimate of drug-likeness (QED) is 0.231. The second-order valence-electron chi connectivity index (χ2n) is 8.00. The highest BCUT2D eigenvalue weighted by molar-refractivity contribution is 5.82. The molecule has 0 spiro atoms. The molecule has 0 saturated heterocycles. The largest absolute Gasteiger partial charge is 0.461 e. The first-order valence-electron chi connectivity index (χ1n) is 10.9. The number of hydrogen-bond donors (Lipinski definition) is 0. The maximum absolute atomic E-state index is 5.58. The molecule has 0 N–H and O–H groups in total. The van der Waals surface area contributed by atoms with Crippen molar-refractivity contribution in [2.45, 2.75) is 58.9 Å². The van der Waals surface area contributed by atoms with E-state index in [-0.39, 0.29) is 0 Å². The van der Waals surface area contributed by atoms with Crippen LogP contribution in [0.15, 0.2) is 48.8 Å². The van der Waals surface area contributed by atoms with Gasteiger partial charge in [0.05, 0.1) is 6.61 Å². The van der Waals surface area contributed by atoms with Crippen LogP contribution in [-0.4, -0.2) is 18.0 Å². The Bertz CT molecular complexity index is 901. The zero-order valence-electron chi connectivity index (χ0n) is 18.2. The maximum Gasteiger partial charge on any atom is 0.211 e. The number of pyridine rings is 1. The normalized spacial score (nSPS) is 11.3. The molecular weight excluding hydrogens is 360 g/mol. The Balaban J connectivity index is 1.22. The summed E-state index contributed by atoms with van der Waals surface area (Å²) >= 11 is 0. The van der Waals surface area contributed by atoms with E-state index in [2.05, 4.69) is 42.7 Å². The molecule has 156 valence electrons. The first kappa shape index (κ1) is 21.4. The van der Waals surface area contributed by atoms with E-state index >= 15 is 0 Å². The van der Waals surface area contributed by atoms with Gasteiger partial charge in [0.2, 0.25) is 6.20 Å².